The smallest absolute Gasteiger partial charge is 0.224 e. The molecule has 0 aliphatic heterocycles. The fourth-order valence-electron chi connectivity index (χ4n) is 2.74. The van der Waals surface area contributed by atoms with Gasteiger partial charge in [0.05, 0.1) is 0 Å². The molecule has 2 N–H and O–H groups in total. The Morgan fingerprint density at radius 3 is 2.41 bits per heavy atom. The van der Waals surface area contributed by atoms with E-state index in [1.807, 2.05) is 31.2 Å². The predicted octanol–water partition coefficient (Wildman–Crippen LogP) is 4.89. The van der Waals surface area contributed by atoms with Gasteiger partial charge in [0.25, 0.3) is 0 Å². The van der Waals surface area contributed by atoms with E-state index in [1.165, 1.54) is 17.7 Å². The summed E-state index contributed by atoms with van der Waals surface area (Å²) in [6.45, 7) is 3.37. The van der Waals surface area contributed by atoms with Gasteiger partial charge in [0, 0.05) is 29.9 Å². The maximum Gasteiger partial charge on any atom is 0.224 e. The average molecular weight is 385 g/mol. The van der Waals surface area contributed by atoms with Crippen LogP contribution in [-0.4, -0.2) is 23.1 Å². The topological polar surface area (TPSA) is 49.8 Å². The highest BCUT2D eigenvalue weighted by molar-refractivity contribution is 6.30. The predicted molar refractivity (Wildman–Crippen MR) is 109 cm³/mol. The van der Waals surface area contributed by atoms with Crippen LogP contribution in [0.4, 0.5) is 16.2 Å². The Hall–Kier alpha value is -2.66. The third kappa shape index (κ3) is 6.22. The van der Waals surface area contributed by atoms with Crippen molar-refractivity contribution in [3.05, 3.63) is 82.3 Å². The number of aromatic nitrogens is 2. The number of halogens is 2. The van der Waals surface area contributed by atoms with Crippen molar-refractivity contribution < 1.29 is 4.39 Å². The second-order valence-electron chi connectivity index (χ2n) is 6.33. The first-order valence-electron chi connectivity index (χ1n) is 8.91. The molecule has 0 radical (unpaired) electrons. The molecule has 0 amide bonds. The Bertz CT molecular complexity index is 884. The van der Waals surface area contributed by atoms with E-state index in [9.17, 15) is 4.39 Å². The summed E-state index contributed by atoms with van der Waals surface area (Å²) in [6, 6.07) is 16.3. The van der Waals surface area contributed by atoms with Crippen LogP contribution in [0.5, 0.6) is 0 Å². The molecule has 0 unspecified atom stereocenters. The van der Waals surface area contributed by atoms with Crippen molar-refractivity contribution in [3.63, 3.8) is 0 Å². The van der Waals surface area contributed by atoms with Crippen LogP contribution in [0.2, 0.25) is 5.02 Å². The van der Waals surface area contributed by atoms with Crippen molar-refractivity contribution in [2.24, 2.45) is 0 Å². The molecule has 0 spiro atoms. The van der Waals surface area contributed by atoms with Crippen LogP contribution < -0.4 is 10.6 Å². The quantitative estimate of drug-likeness (QED) is 0.580. The fraction of sp³-hybridized carbons (Fsp3) is 0.238. The monoisotopic (exact) mass is 384 g/mol. The van der Waals surface area contributed by atoms with Crippen molar-refractivity contribution in [1.29, 1.82) is 0 Å². The first-order chi connectivity index (χ1) is 13.1. The molecule has 1 heterocycles. The van der Waals surface area contributed by atoms with Crippen LogP contribution >= 0.6 is 11.6 Å². The Labute approximate surface area is 163 Å². The minimum absolute atomic E-state index is 0.220. The van der Waals surface area contributed by atoms with Crippen molar-refractivity contribution in [2.75, 3.05) is 23.7 Å². The summed E-state index contributed by atoms with van der Waals surface area (Å²) < 4.78 is 12.9. The van der Waals surface area contributed by atoms with Crippen LogP contribution in [0.25, 0.3) is 0 Å². The fourth-order valence-corrected chi connectivity index (χ4v) is 2.95. The molecular weight excluding hydrogens is 363 g/mol. The van der Waals surface area contributed by atoms with Crippen molar-refractivity contribution in [1.82, 2.24) is 9.97 Å². The zero-order valence-corrected chi connectivity index (χ0v) is 15.9. The van der Waals surface area contributed by atoms with Gasteiger partial charge in [-0.3, -0.25) is 0 Å². The number of hydrogen-bond acceptors (Lipinski definition) is 4. The van der Waals surface area contributed by atoms with Gasteiger partial charge >= 0.3 is 0 Å². The highest BCUT2D eigenvalue weighted by Gasteiger charge is 2.03. The molecule has 3 aromatic rings. The first-order valence-corrected chi connectivity index (χ1v) is 9.28. The Balaban J connectivity index is 1.51. The second kappa shape index (κ2) is 9.33. The van der Waals surface area contributed by atoms with Gasteiger partial charge in [-0.2, -0.15) is 4.98 Å². The zero-order valence-electron chi connectivity index (χ0n) is 15.2. The summed E-state index contributed by atoms with van der Waals surface area (Å²) >= 11 is 6.01. The normalized spacial score (nSPS) is 10.6. The molecule has 1 aromatic heterocycles. The van der Waals surface area contributed by atoms with Gasteiger partial charge in [0.15, 0.2) is 0 Å². The maximum atomic E-state index is 12.9. The van der Waals surface area contributed by atoms with E-state index in [2.05, 4.69) is 26.7 Å². The highest BCUT2D eigenvalue weighted by Crippen LogP contribution is 2.13. The molecule has 0 aliphatic carbocycles. The van der Waals surface area contributed by atoms with Gasteiger partial charge < -0.3 is 10.6 Å². The van der Waals surface area contributed by atoms with E-state index >= 15 is 0 Å². The molecule has 140 valence electrons. The van der Waals surface area contributed by atoms with E-state index in [-0.39, 0.29) is 5.82 Å². The Kier molecular flexibility index (Phi) is 6.60. The zero-order chi connectivity index (χ0) is 19.1. The number of anilines is 2. The van der Waals surface area contributed by atoms with Gasteiger partial charge in [0.2, 0.25) is 5.95 Å². The molecule has 4 nitrogen and oxygen atoms in total. The van der Waals surface area contributed by atoms with E-state index in [4.69, 9.17) is 11.6 Å². The van der Waals surface area contributed by atoms with Crippen LogP contribution in [0, 0.1) is 12.7 Å². The molecule has 27 heavy (non-hydrogen) atoms. The summed E-state index contributed by atoms with van der Waals surface area (Å²) in [5.41, 5.74) is 3.13. The Morgan fingerprint density at radius 2 is 1.63 bits per heavy atom. The van der Waals surface area contributed by atoms with Crippen molar-refractivity contribution in [3.8, 4) is 0 Å². The van der Waals surface area contributed by atoms with Crippen LogP contribution in [0.1, 0.15) is 16.8 Å². The molecule has 2 aromatic carbocycles. The summed E-state index contributed by atoms with van der Waals surface area (Å²) in [6.07, 6.45) is 1.63. The number of benzene rings is 2. The lowest BCUT2D eigenvalue weighted by Gasteiger charge is -2.10. The maximum absolute atomic E-state index is 12.9. The van der Waals surface area contributed by atoms with Crippen LogP contribution in [0.3, 0.4) is 0 Å². The molecule has 0 atom stereocenters. The van der Waals surface area contributed by atoms with Crippen molar-refractivity contribution in [2.45, 2.75) is 19.8 Å². The lowest BCUT2D eigenvalue weighted by molar-refractivity contribution is 0.627. The molecule has 0 bridgehead atoms. The van der Waals surface area contributed by atoms with E-state index in [1.54, 1.807) is 12.1 Å². The summed E-state index contributed by atoms with van der Waals surface area (Å²) in [5.74, 6) is 1.15. The number of nitrogens with zero attached hydrogens (tertiary/aromatic N) is 2. The molecule has 0 aliphatic rings. The molecule has 6 heteroatoms. The average Bonchev–Trinajstić information content (AvgIpc) is 2.63. The molecule has 0 saturated heterocycles. The van der Waals surface area contributed by atoms with E-state index in [0.717, 1.165) is 41.5 Å². The number of nitrogens with one attached hydrogen (secondary N) is 2. The summed E-state index contributed by atoms with van der Waals surface area (Å²) in [5, 5.41) is 7.31. The third-order valence-electron chi connectivity index (χ3n) is 4.07. The molecule has 3 rings (SSSR count). The van der Waals surface area contributed by atoms with Crippen LogP contribution in [0.15, 0.2) is 54.6 Å². The molecular formula is C21H22ClFN4. The van der Waals surface area contributed by atoms with Gasteiger partial charge in [-0.15, -0.1) is 0 Å². The lowest BCUT2D eigenvalue weighted by Crippen LogP contribution is -2.12. The Morgan fingerprint density at radius 1 is 0.889 bits per heavy atom. The van der Waals surface area contributed by atoms with Gasteiger partial charge in [-0.1, -0.05) is 35.9 Å². The van der Waals surface area contributed by atoms with Crippen molar-refractivity contribution >= 4 is 23.4 Å². The number of hydrogen-bond donors (Lipinski definition) is 2. The standard InChI is InChI=1S/C21H22ClFN4/c1-15-13-20(24-11-10-17-3-2-4-18(22)14-17)27-21(26-15)25-12-9-16-5-7-19(23)8-6-16/h2-8,13-14H,9-12H2,1H3,(H2,24,25,26,27). The minimum atomic E-state index is -0.220. The van der Waals surface area contributed by atoms with Gasteiger partial charge in [-0.25, -0.2) is 9.37 Å². The highest BCUT2D eigenvalue weighted by atomic mass is 35.5. The second-order valence-corrected chi connectivity index (χ2v) is 6.76. The van der Waals surface area contributed by atoms with Gasteiger partial charge in [-0.05, 0) is 55.2 Å². The number of aryl methyl sites for hydroxylation is 1. The van der Waals surface area contributed by atoms with E-state index < -0.39 is 0 Å². The first kappa shape index (κ1) is 19.1. The minimum Gasteiger partial charge on any atom is -0.370 e. The van der Waals surface area contributed by atoms with E-state index in [0.29, 0.717) is 12.5 Å². The number of rotatable bonds is 8. The van der Waals surface area contributed by atoms with Crippen LogP contribution in [-0.2, 0) is 12.8 Å². The molecule has 0 saturated carbocycles. The van der Waals surface area contributed by atoms with Gasteiger partial charge in [0.1, 0.15) is 11.6 Å². The summed E-state index contributed by atoms with van der Waals surface area (Å²) in [7, 11) is 0. The third-order valence-corrected chi connectivity index (χ3v) is 4.31. The summed E-state index contributed by atoms with van der Waals surface area (Å²) in [4.78, 5) is 8.93. The molecule has 0 fully saturated rings. The lowest BCUT2D eigenvalue weighted by atomic mass is 10.1. The SMILES string of the molecule is Cc1cc(NCCc2cccc(Cl)c2)nc(NCCc2ccc(F)cc2)n1. The largest absolute Gasteiger partial charge is 0.370 e.